The van der Waals surface area contributed by atoms with E-state index in [2.05, 4.69) is 10.4 Å². The zero-order valence-electron chi connectivity index (χ0n) is 10.0. The highest BCUT2D eigenvalue weighted by molar-refractivity contribution is 5.96. The van der Waals surface area contributed by atoms with Crippen LogP contribution in [0.25, 0.3) is 0 Å². The number of carbonyl (C=O) groups is 3. The molecule has 0 aliphatic heterocycles. The van der Waals surface area contributed by atoms with Crippen molar-refractivity contribution >= 4 is 17.8 Å². The van der Waals surface area contributed by atoms with Gasteiger partial charge >= 0.3 is 5.97 Å². The van der Waals surface area contributed by atoms with Gasteiger partial charge in [-0.2, -0.15) is 5.10 Å². The number of hydrogen-bond acceptors (Lipinski definition) is 4. The van der Waals surface area contributed by atoms with Crippen LogP contribution in [-0.2, 0) is 16.6 Å². The first-order chi connectivity index (χ1) is 8.31. The van der Waals surface area contributed by atoms with Gasteiger partial charge in [-0.05, 0) is 13.0 Å². The van der Waals surface area contributed by atoms with E-state index in [-0.39, 0.29) is 5.69 Å². The molecule has 1 rings (SSSR count). The van der Waals surface area contributed by atoms with Gasteiger partial charge in [0, 0.05) is 12.7 Å². The van der Waals surface area contributed by atoms with Gasteiger partial charge in [-0.15, -0.1) is 0 Å². The number of aliphatic carboxylic acids is 1. The minimum atomic E-state index is -1.35. The molecule has 0 aromatic carbocycles. The number of nitrogens with two attached hydrogens (primary N) is 1. The third-order valence-electron chi connectivity index (χ3n) is 2.36. The molecule has 4 N–H and O–H groups in total. The van der Waals surface area contributed by atoms with E-state index in [9.17, 15) is 14.4 Å². The lowest BCUT2D eigenvalue weighted by atomic mass is 10.2. The number of carboxylic acids is 1. The van der Waals surface area contributed by atoms with Crippen LogP contribution in [0.15, 0.2) is 6.07 Å². The second kappa shape index (κ2) is 5.30. The number of rotatable bonds is 5. The predicted octanol–water partition coefficient (Wildman–Crippen LogP) is -1.21. The van der Waals surface area contributed by atoms with E-state index in [1.807, 2.05) is 0 Å². The Morgan fingerprint density at radius 3 is 2.56 bits per heavy atom. The Morgan fingerprint density at radius 2 is 2.17 bits per heavy atom. The molecule has 0 unspecified atom stereocenters. The molecule has 1 aromatic rings. The Bertz CT molecular complexity index is 475. The summed E-state index contributed by atoms with van der Waals surface area (Å²) in [5.74, 6) is -2.79. The number of nitrogens with zero attached hydrogens (tertiary/aromatic N) is 2. The van der Waals surface area contributed by atoms with Crippen LogP contribution in [0.5, 0.6) is 0 Å². The maximum Gasteiger partial charge on any atom is 0.326 e. The van der Waals surface area contributed by atoms with Crippen LogP contribution in [0.4, 0.5) is 0 Å². The third kappa shape index (κ3) is 3.30. The normalized spacial score (nSPS) is 11.9. The van der Waals surface area contributed by atoms with Crippen molar-refractivity contribution in [3.8, 4) is 0 Å². The zero-order valence-corrected chi connectivity index (χ0v) is 10.0. The molecule has 18 heavy (non-hydrogen) atoms. The number of carbonyl (C=O) groups excluding carboxylic acids is 2. The van der Waals surface area contributed by atoms with Gasteiger partial charge in [0.15, 0.2) is 0 Å². The van der Waals surface area contributed by atoms with Gasteiger partial charge in [0.25, 0.3) is 5.91 Å². The largest absolute Gasteiger partial charge is 0.480 e. The molecule has 0 bridgehead atoms. The van der Waals surface area contributed by atoms with E-state index < -0.39 is 30.2 Å². The van der Waals surface area contributed by atoms with Crippen LogP contribution in [0, 0.1) is 6.92 Å². The van der Waals surface area contributed by atoms with Gasteiger partial charge in [-0.1, -0.05) is 0 Å². The lowest BCUT2D eigenvalue weighted by Crippen LogP contribution is -2.43. The number of aromatic nitrogens is 2. The van der Waals surface area contributed by atoms with Crippen molar-refractivity contribution in [3.05, 3.63) is 17.5 Å². The Hall–Kier alpha value is -2.38. The molecule has 0 radical (unpaired) electrons. The Morgan fingerprint density at radius 1 is 1.56 bits per heavy atom. The van der Waals surface area contributed by atoms with Crippen molar-refractivity contribution in [2.24, 2.45) is 12.8 Å². The third-order valence-corrected chi connectivity index (χ3v) is 2.36. The quantitative estimate of drug-likeness (QED) is 0.607. The number of hydrogen-bond donors (Lipinski definition) is 3. The van der Waals surface area contributed by atoms with E-state index in [0.29, 0.717) is 0 Å². The molecule has 0 saturated heterocycles. The second-order valence-electron chi connectivity index (χ2n) is 3.83. The molecular weight excluding hydrogens is 240 g/mol. The van der Waals surface area contributed by atoms with E-state index in [0.717, 1.165) is 5.69 Å². The average Bonchev–Trinajstić information content (AvgIpc) is 2.57. The summed E-state index contributed by atoms with van der Waals surface area (Å²) in [6.45, 7) is 1.75. The van der Waals surface area contributed by atoms with Crippen molar-refractivity contribution in [1.29, 1.82) is 0 Å². The highest BCUT2D eigenvalue weighted by atomic mass is 16.4. The highest BCUT2D eigenvalue weighted by Gasteiger charge is 2.23. The summed E-state index contributed by atoms with van der Waals surface area (Å²) in [6, 6.07) is 0.163. The van der Waals surface area contributed by atoms with Gasteiger partial charge in [0.05, 0.1) is 6.42 Å². The van der Waals surface area contributed by atoms with E-state index in [4.69, 9.17) is 10.8 Å². The smallest absolute Gasteiger partial charge is 0.326 e. The summed E-state index contributed by atoms with van der Waals surface area (Å²) in [5, 5.41) is 14.9. The highest BCUT2D eigenvalue weighted by Crippen LogP contribution is 2.02. The molecule has 1 aromatic heterocycles. The summed E-state index contributed by atoms with van der Waals surface area (Å²) >= 11 is 0. The molecule has 0 fully saturated rings. The first kappa shape index (κ1) is 13.7. The van der Waals surface area contributed by atoms with Crippen molar-refractivity contribution in [3.63, 3.8) is 0 Å². The molecule has 0 aliphatic rings. The molecule has 0 spiro atoms. The lowest BCUT2D eigenvalue weighted by molar-refractivity contribution is -0.140. The van der Waals surface area contributed by atoms with Gasteiger partial charge in [-0.3, -0.25) is 14.3 Å². The zero-order chi connectivity index (χ0) is 13.9. The van der Waals surface area contributed by atoms with Crippen molar-refractivity contribution in [2.45, 2.75) is 19.4 Å². The van der Waals surface area contributed by atoms with Gasteiger partial charge < -0.3 is 16.2 Å². The van der Waals surface area contributed by atoms with Crippen LogP contribution in [0.1, 0.15) is 22.6 Å². The minimum absolute atomic E-state index is 0.0886. The van der Waals surface area contributed by atoms with Crippen LogP contribution < -0.4 is 11.1 Å². The molecule has 8 nitrogen and oxygen atoms in total. The monoisotopic (exact) mass is 254 g/mol. The Balaban J connectivity index is 2.78. The topological polar surface area (TPSA) is 127 Å². The summed E-state index contributed by atoms with van der Waals surface area (Å²) in [6.07, 6.45) is -0.465. The number of aryl methyl sites for hydroxylation is 2. The summed E-state index contributed by atoms with van der Waals surface area (Å²) in [4.78, 5) is 33.2. The van der Waals surface area contributed by atoms with E-state index in [1.54, 1.807) is 14.0 Å². The van der Waals surface area contributed by atoms with Gasteiger partial charge in [-0.25, -0.2) is 4.79 Å². The molecule has 1 heterocycles. The summed E-state index contributed by atoms with van der Waals surface area (Å²) in [5.41, 5.74) is 5.74. The summed E-state index contributed by atoms with van der Waals surface area (Å²) in [7, 11) is 1.66. The van der Waals surface area contributed by atoms with Crippen molar-refractivity contribution < 1.29 is 19.5 Å². The fourth-order valence-electron chi connectivity index (χ4n) is 1.31. The standard InChI is InChI=1S/C10H14N4O4/c1-5-3-6(13-14(5)2)9(16)12-7(10(17)18)4-8(11)15/h3,7H,4H2,1-2H3,(H2,11,15)(H,12,16)(H,17,18)/t7-/m0/s1. The fraction of sp³-hybridized carbons (Fsp3) is 0.400. The molecular formula is C10H14N4O4. The molecule has 2 amide bonds. The Kier molecular flexibility index (Phi) is 4.03. The van der Waals surface area contributed by atoms with Crippen LogP contribution in [0.3, 0.4) is 0 Å². The molecule has 98 valence electrons. The molecule has 0 saturated carbocycles. The first-order valence-corrected chi connectivity index (χ1v) is 5.14. The van der Waals surface area contributed by atoms with Crippen LogP contribution in [-0.4, -0.2) is 38.7 Å². The maximum absolute atomic E-state index is 11.7. The van der Waals surface area contributed by atoms with E-state index in [1.165, 1.54) is 10.7 Å². The maximum atomic E-state index is 11.7. The number of nitrogens with one attached hydrogen (secondary N) is 1. The van der Waals surface area contributed by atoms with Crippen molar-refractivity contribution in [2.75, 3.05) is 0 Å². The number of carboxylic acid groups (broad SMARTS) is 1. The van der Waals surface area contributed by atoms with Gasteiger partial charge in [0.1, 0.15) is 11.7 Å². The van der Waals surface area contributed by atoms with Crippen molar-refractivity contribution in [1.82, 2.24) is 15.1 Å². The minimum Gasteiger partial charge on any atom is -0.480 e. The van der Waals surface area contributed by atoms with E-state index >= 15 is 0 Å². The van der Waals surface area contributed by atoms with Crippen LogP contribution >= 0.6 is 0 Å². The second-order valence-corrected chi connectivity index (χ2v) is 3.83. The molecule has 0 aliphatic carbocycles. The molecule has 1 atom stereocenters. The fourth-order valence-corrected chi connectivity index (χ4v) is 1.31. The summed E-state index contributed by atoms with van der Waals surface area (Å²) < 4.78 is 1.48. The average molecular weight is 254 g/mol. The molecule has 8 heteroatoms. The first-order valence-electron chi connectivity index (χ1n) is 5.14. The van der Waals surface area contributed by atoms with Gasteiger partial charge in [0.2, 0.25) is 5.91 Å². The van der Waals surface area contributed by atoms with Crippen LogP contribution in [0.2, 0.25) is 0 Å². The lowest BCUT2D eigenvalue weighted by Gasteiger charge is -2.11. The Labute approximate surface area is 103 Å². The number of amides is 2. The SMILES string of the molecule is Cc1cc(C(=O)N[C@@H](CC(N)=O)C(=O)O)nn1C. The predicted molar refractivity (Wildman–Crippen MR) is 60.6 cm³/mol. The number of primary amides is 1.